The molecule has 1 saturated heterocycles. The van der Waals surface area contributed by atoms with Crippen molar-refractivity contribution in [1.29, 1.82) is 0 Å². The minimum absolute atomic E-state index is 0.518. The maximum Gasteiger partial charge on any atom is 0.251 e. The molecule has 6 heteroatoms. The van der Waals surface area contributed by atoms with Crippen LogP contribution in [0.15, 0.2) is 0 Å². The first-order valence-corrected chi connectivity index (χ1v) is 4.40. The predicted molar refractivity (Wildman–Crippen MR) is 46.4 cm³/mol. The zero-order chi connectivity index (χ0) is 10.9. The minimum atomic E-state index is -1.40. The summed E-state index contributed by atoms with van der Waals surface area (Å²) in [4.78, 5) is 11.2. The molecule has 1 heterocycles. The monoisotopic (exact) mass is 205 g/mol. The lowest BCUT2D eigenvalue weighted by molar-refractivity contribution is -0.216. The third-order valence-corrected chi connectivity index (χ3v) is 2.36. The number of carbonyl (C=O) groups is 1. The highest BCUT2D eigenvalue weighted by Gasteiger charge is 2.44. The summed E-state index contributed by atoms with van der Waals surface area (Å²) in [5, 5.41) is 30.4. The fraction of sp³-hybridized carbons (Fsp3) is 0.875. The van der Waals surface area contributed by atoms with E-state index in [-0.39, 0.29) is 0 Å². The zero-order valence-corrected chi connectivity index (χ0v) is 8.04. The van der Waals surface area contributed by atoms with E-state index < -0.39 is 36.4 Å². The molecule has 4 N–H and O–H groups in total. The molecule has 82 valence electrons. The Bertz CT molecular complexity index is 222. The molecule has 6 nitrogen and oxygen atoms in total. The van der Waals surface area contributed by atoms with E-state index in [1.165, 1.54) is 14.0 Å². The van der Waals surface area contributed by atoms with Crippen LogP contribution in [0.25, 0.3) is 0 Å². The molecule has 1 aliphatic heterocycles. The van der Waals surface area contributed by atoms with E-state index in [2.05, 4.69) is 5.32 Å². The van der Waals surface area contributed by atoms with Crippen LogP contribution in [0.3, 0.4) is 0 Å². The molecule has 0 radical (unpaired) electrons. The van der Waals surface area contributed by atoms with Gasteiger partial charge in [-0.1, -0.05) is 0 Å². The van der Waals surface area contributed by atoms with Crippen LogP contribution < -0.4 is 5.32 Å². The van der Waals surface area contributed by atoms with E-state index in [4.69, 9.17) is 4.74 Å². The molecule has 0 bridgehead atoms. The Morgan fingerprint density at radius 2 is 1.79 bits per heavy atom. The van der Waals surface area contributed by atoms with E-state index >= 15 is 0 Å². The molecule has 1 aliphatic rings. The standard InChI is InChI=1S/C8H15NO5/c1-3-4(10)5(11)6(12)7(14-3)8(13)9-2/h3-7,10-12H,1-2H3,(H,9,13)/t3-,4-,5+,6-,7-/m0/s1. The summed E-state index contributed by atoms with van der Waals surface area (Å²) in [6, 6.07) is 0. The molecular formula is C8H15NO5. The summed E-state index contributed by atoms with van der Waals surface area (Å²) >= 11 is 0. The van der Waals surface area contributed by atoms with Gasteiger partial charge in [-0.2, -0.15) is 0 Å². The summed E-state index contributed by atoms with van der Waals surface area (Å²) in [6.07, 6.45) is -5.75. The fourth-order valence-corrected chi connectivity index (χ4v) is 1.41. The maximum absolute atomic E-state index is 11.2. The summed E-state index contributed by atoms with van der Waals surface area (Å²) in [5.41, 5.74) is 0. The number of aliphatic hydroxyl groups excluding tert-OH is 3. The van der Waals surface area contributed by atoms with Gasteiger partial charge in [-0.25, -0.2) is 0 Å². The van der Waals surface area contributed by atoms with E-state index in [9.17, 15) is 20.1 Å². The number of rotatable bonds is 1. The third-order valence-electron chi connectivity index (χ3n) is 2.36. The number of amides is 1. The van der Waals surface area contributed by atoms with Gasteiger partial charge in [-0.15, -0.1) is 0 Å². The average molecular weight is 205 g/mol. The van der Waals surface area contributed by atoms with Gasteiger partial charge in [0.1, 0.15) is 18.3 Å². The molecule has 5 atom stereocenters. The Balaban J connectivity index is 2.75. The van der Waals surface area contributed by atoms with E-state index in [0.717, 1.165) is 0 Å². The van der Waals surface area contributed by atoms with Gasteiger partial charge in [0, 0.05) is 7.05 Å². The molecule has 0 aromatic heterocycles. The molecule has 0 saturated carbocycles. The Kier molecular flexibility index (Phi) is 3.43. The van der Waals surface area contributed by atoms with Crippen molar-refractivity contribution < 1.29 is 24.9 Å². The molecule has 1 fully saturated rings. The lowest BCUT2D eigenvalue weighted by atomic mass is 9.95. The average Bonchev–Trinajstić information content (AvgIpc) is 2.19. The van der Waals surface area contributed by atoms with Gasteiger partial charge >= 0.3 is 0 Å². The smallest absolute Gasteiger partial charge is 0.251 e. The first kappa shape index (κ1) is 11.4. The quantitative estimate of drug-likeness (QED) is 0.382. The Labute approximate surface area is 81.5 Å². The van der Waals surface area contributed by atoms with Crippen molar-refractivity contribution in [3.8, 4) is 0 Å². The van der Waals surface area contributed by atoms with Crippen molar-refractivity contribution in [2.24, 2.45) is 0 Å². The predicted octanol–water partition coefficient (Wildman–Crippen LogP) is -2.40. The molecule has 0 aromatic rings. The van der Waals surface area contributed by atoms with Crippen LogP contribution in [0.4, 0.5) is 0 Å². The number of ether oxygens (including phenoxy) is 1. The molecule has 0 aliphatic carbocycles. The van der Waals surface area contributed by atoms with Crippen molar-refractivity contribution in [1.82, 2.24) is 5.32 Å². The van der Waals surface area contributed by atoms with E-state index in [1.807, 2.05) is 0 Å². The lowest BCUT2D eigenvalue weighted by Crippen LogP contribution is -2.60. The summed E-state index contributed by atoms with van der Waals surface area (Å²) < 4.78 is 5.06. The van der Waals surface area contributed by atoms with Crippen molar-refractivity contribution in [2.45, 2.75) is 37.4 Å². The van der Waals surface area contributed by atoms with Crippen LogP contribution >= 0.6 is 0 Å². The highest BCUT2D eigenvalue weighted by Crippen LogP contribution is 2.20. The van der Waals surface area contributed by atoms with Gasteiger partial charge in [-0.05, 0) is 6.92 Å². The first-order chi connectivity index (χ1) is 6.49. The van der Waals surface area contributed by atoms with E-state index in [0.29, 0.717) is 0 Å². The van der Waals surface area contributed by atoms with Gasteiger partial charge in [-0.3, -0.25) is 4.79 Å². The second-order valence-electron chi connectivity index (χ2n) is 3.35. The zero-order valence-electron chi connectivity index (χ0n) is 8.04. The minimum Gasteiger partial charge on any atom is -0.388 e. The van der Waals surface area contributed by atoms with Crippen LogP contribution in [-0.4, -0.2) is 58.8 Å². The molecule has 0 aromatic carbocycles. The number of likely N-dealkylation sites (N-methyl/N-ethyl adjacent to an activating group) is 1. The van der Waals surface area contributed by atoms with Crippen LogP contribution in [0, 0.1) is 0 Å². The van der Waals surface area contributed by atoms with Crippen molar-refractivity contribution in [3.05, 3.63) is 0 Å². The number of carbonyl (C=O) groups excluding carboxylic acids is 1. The number of hydrogen-bond acceptors (Lipinski definition) is 5. The Morgan fingerprint density at radius 1 is 1.21 bits per heavy atom. The third kappa shape index (κ3) is 1.88. The second-order valence-corrected chi connectivity index (χ2v) is 3.35. The molecule has 1 amide bonds. The van der Waals surface area contributed by atoms with Gasteiger partial charge in [0.25, 0.3) is 5.91 Å². The van der Waals surface area contributed by atoms with Gasteiger partial charge in [0.05, 0.1) is 6.10 Å². The van der Waals surface area contributed by atoms with Gasteiger partial charge in [0.15, 0.2) is 6.10 Å². The summed E-state index contributed by atoms with van der Waals surface area (Å²) in [5.74, 6) is -0.518. The molecule has 0 unspecified atom stereocenters. The van der Waals surface area contributed by atoms with E-state index in [1.54, 1.807) is 0 Å². The number of nitrogens with one attached hydrogen (secondary N) is 1. The van der Waals surface area contributed by atoms with Gasteiger partial charge < -0.3 is 25.4 Å². The van der Waals surface area contributed by atoms with Crippen LogP contribution in [0.2, 0.25) is 0 Å². The van der Waals surface area contributed by atoms with Crippen LogP contribution in [0.1, 0.15) is 6.92 Å². The normalized spacial score (nSPS) is 43.4. The number of aliphatic hydroxyl groups is 3. The Hall–Kier alpha value is -0.690. The van der Waals surface area contributed by atoms with Crippen molar-refractivity contribution in [2.75, 3.05) is 7.05 Å². The molecular weight excluding hydrogens is 190 g/mol. The fourth-order valence-electron chi connectivity index (χ4n) is 1.41. The van der Waals surface area contributed by atoms with Gasteiger partial charge in [0.2, 0.25) is 0 Å². The van der Waals surface area contributed by atoms with Crippen LogP contribution in [0.5, 0.6) is 0 Å². The summed E-state index contributed by atoms with van der Waals surface area (Å²) in [6.45, 7) is 1.52. The second kappa shape index (κ2) is 4.22. The van der Waals surface area contributed by atoms with Crippen molar-refractivity contribution in [3.63, 3.8) is 0 Å². The first-order valence-electron chi connectivity index (χ1n) is 4.40. The molecule has 1 rings (SSSR count). The topological polar surface area (TPSA) is 99.0 Å². The highest BCUT2D eigenvalue weighted by molar-refractivity contribution is 5.81. The molecule has 0 spiro atoms. The highest BCUT2D eigenvalue weighted by atomic mass is 16.5. The SMILES string of the molecule is CNC(=O)[C@H]1O[C@@H](C)[C@H](O)[C@@H](O)[C@@H]1O. The largest absolute Gasteiger partial charge is 0.388 e. The van der Waals surface area contributed by atoms with Crippen molar-refractivity contribution >= 4 is 5.91 Å². The Morgan fingerprint density at radius 3 is 2.29 bits per heavy atom. The van der Waals surface area contributed by atoms with Crippen LogP contribution in [-0.2, 0) is 9.53 Å². The number of hydrogen-bond donors (Lipinski definition) is 4. The lowest BCUT2D eigenvalue weighted by Gasteiger charge is -2.38. The maximum atomic E-state index is 11.2. The summed E-state index contributed by atoms with van der Waals surface area (Å²) in [7, 11) is 1.40. The molecule has 14 heavy (non-hydrogen) atoms.